The number of carbonyl (C=O) groups excluding carboxylic acids is 2. The lowest BCUT2D eigenvalue weighted by atomic mass is 10.1. The van der Waals surface area contributed by atoms with Crippen LogP contribution in [0.25, 0.3) is 6.08 Å². The fourth-order valence-corrected chi connectivity index (χ4v) is 4.36. The maximum absolute atomic E-state index is 12.4. The lowest BCUT2D eigenvalue weighted by Gasteiger charge is -2.12. The largest absolute Gasteiger partial charge is 0.493 e. The molecule has 0 bridgehead atoms. The fraction of sp³-hybridized carbons (Fsp3) is 0.261. The fourth-order valence-electron chi connectivity index (χ4n) is 2.98. The summed E-state index contributed by atoms with van der Waals surface area (Å²) in [6.07, 6.45) is 1.77. The van der Waals surface area contributed by atoms with Crippen molar-refractivity contribution in [3.8, 4) is 11.5 Å². The van der Waals surface area contributed by atoms with Crippen LogP contribution in [0.1, 0.15) is 23.6 Å². The van der Waals surface area contributed by atoms with Crippen molar-refractivity contribution in [2.45, 2.75) is 20.8 Å². The Hall–Kier alpha value is -2.84. The van der Waals surface area contributed by atoms with Crippen LogP contribution in [0, 0.1) is 13.8 Å². The number of anilines is 1. The number of nitrogens with zero attached hydrogens (tertiary/aromatic N) is 1. The van der Waals surface area contributed by atoms with Gasteiger partial charge in [-0.3, -0.25) is 14.5 Å². The number of thiocarbonyl (C=S) groups is 1. The second-order valence-electron chi connectivity index (χ2n) is 6.97. The second kappa shape index (κ2) is 9.98. The molecule has 1 aliphatic rings. The van der Waals surface area contributed by atoms with Gasteiger partial charge in [0, 0.05) is 12.2 Å². The number of thioether (sulfide) groups is 1. The summed E-state index contributed by atoms with van der Waals surface area (Å²) in [7, 11) is 1.53. The van der Waals surface area contributed by atoms with Crippen molar-refractivity contribution in [2.75, 3.05) is 25.6 Å². The van der Waals surface area contributed by atoms with E-state index in [-0.39, 0.29) is 18.4 Å². The van der Waals surface area contributed by atoms with Crippen molar-refractivity contribution in [3.63, 3.8) is 0 Å². The first-order valence-corrected chi connectivity index (χ1v) is 11.0. The molecule has 162 valence electrons. The molecule has 0 atom stereocenters. The van der Waals surface area contributed by atoms with E-state index in [1.807, 2.05) is 39.0 Å². The third kappa shape index (κ3) is 5.45. The molecule has 0 spiro atoms. The van der Waals surface area contributed by atoms with Crippen LogP contribution in [0.2, 0.25) is 0 Å². The topological polar surface area (TPSA) is 67.9 Å². The molecule has 1 saturated heterocycles. The van der Waals surface area contributed by atoms with Crippen LogP contribution in [0.5, 0.6) is 11.5 Å². The molecule has 0 aromatic heterocycles. The van der Waals surface area contributed by atoms with E-state index in [0.717, 1.165) is 22.4 Å². The molecule has 0 radical (unpaired) electrons. The van der Waals surface area contributed by atoms with E-state index < -0.39 is 0 Å². The molecular weight excluding hydrogens is 432 g/mol. The number of ether oxygens (including phenoxy) is 2. The molecule has 2 amide bonds. The zero-order valence-corrected chi connectivity index (χ0v) is 19.5. The Morgan fingerprint density at radius 2 is 1.94 bits per heavy atom. The zero-order valence-electron chi connectivity index (χ0n) is 17.9. The monoisotopic (exact) mass is 456 g/mol. The van der Waals surface area contributed by atoms with Crippen LogP contribution in [-0.2, 0) is 9.59 Å². The highest BCUT2D eigenvalue weighted by Crippen LogP contribution is 2.34. The summed E-state index contributed by atoms with van der Waals surface area (Å²) in [4.78, 5) is 26.8. The summed E-state index contributed by atoms with van der Waals surface area (Å²) >= 11 is 6.52. The van der Waals surface area contributed by atoms with Crippen LogP contribution < -0.4 is 14.8 Å². The molecule has 0 aliphatic carbocycles. The van der Waals surface area contributed by atoms with Crippen LogP contribution in [-0.4, -0.2) is 41.3 Å². The van der Waals surface area contributed by atoms with Gasteiger partial charge < -0.3 is 14.8 Å². The Kier molecular flexibility index (Phi) is 7.35. The van der Waals surface area contributed by atoms with E-state index in [1.54, 1.807) is 29.2 Å². The maximum Gasteiger partial charge on any atom is 0.266 e. The number of methoxy groups -OCH3 is 1. The minimum absolute atomic E-state index is 0.0974. The van der Waals surface area contributed by atoms with Gasteiger partial charge in [0.2, 0.25) is 0 Å². The average molecular weight is 457 g/mol. The summed E-state index contributed by atoms with van der Waals surface area (Å²) < 4.78 is 11.6. The lowest BCUT2D eigenvalue weighted by Crippen LogP contribution is -2.27. The van der Waals surface area contributed by atoms with Gasteiger partial charge in [0.15, 0.2) is 18.1 Å². The summed E-state index contributed by atoms with van der Waals surface area (Å²) in [6, 6.07) is 11.0. The van der Waals surface area contributed by atoms with Gasteiger partial charge in [0.05, 0.1) is 12.0 Å². The van der Waals surface area contributed by atoms with Gasteiger partial charge in [-0.25, -0.2) is 0 Å². The third-order valence-corrected chi connectivity index (χ3v) is 6.20. The molecular formula is C23H24N2O4S2. The van der Waals surface area contributed by atoms with Crippen LogP contribution >= 0.6 is 24.0 Å². The van der Waals surface area contributed by atoms with Gasteiger partial charge in [0.25, 0.3) is 11.8 Å². The van der Waals surface area contributed by atoms with Crippen molar-refractivity contribution in [2.24, 2.45) is 0 Å². The molecule has 1 N–H and O–H groups in total. The number of nitrogens with one attached hydrogen (secondary N) is 1. The Labute approximate surface area is 191 Å². The highest BCUT2D eigenvalue weighted by molar-refractivity contribution is 8.26. The quantitative estimate of drug-likeness (QED) is 0.487. The molecule has 1 fully saturated rings. The van der Waals surface area contributed by atoms with E-state index in [0.29, 0.717) is 27.3 Å². The molecule has 31 heavy (non-hydrogen) atoms. The average Bonchev–Trinajstić information content (AvgIpc) is 3.01. The van der Waals surface area contributed by atoms with Crippen LogP contribution in [0.15, 0.2) is 41.3 Å². The van der Waals surface area contributed by atoms with Crippen molar-refractivity contribution < 1.29 is 19.1 Å². The SMILES string of the molecule is CCN1C(=O)/C(=C\c2ccc(OCC(=O)Nc3ccc(C)c(C)c3)c(OC)c2)SC1=S. The molecule has 8 heteroatoms. The van der Waals surface area contributed by atoms with E-state index in [9.17, 15) is 9.59 Å². The standard InChI is InChI=1S/C23H24N2O4S2/c1-5-25-22(27)20(31-23(25)30)12-16-7-9-18(19(11-16)28-4)29-13-21(26)24-17-8-6-14(2)15(3)10-17/h6-12H,5,13H2,1-4H3,(H,24,26)/b20-12+. The van der Waals surface area contributed by atoms with Crippen molar-refractivity contribution >= 4 is 51.9 Å². The van der Waals surface area contributed by atoms with Crippen LogP contribution in [0.4, 0.5) is 5.69 Å². The number of carbonyl (C=O) groups is 2. The first-order chi connectivity index (χ1) is 14.8. The second-order valence-corrected chi connectivity index (χ2v) is 8.65. The minimum atomic E-state index is -0.266. The summed E-state index contributed by atoms with van der Waals surface area (Å²) in [6.45, 7) is 6.29. The smallest absolute Gasteiger partial charge is 0.266 e. The first-order valence-electron chi connectivity index (χ1n) is 9.75. The van der Waals surface area contributed by atoms with Gasteiger partial charge in [0.1, 0.15) is 4.32 Å². The Bertz CT molecular complexity index is 1070. The molecule has 1 aliphatic heterocycles. The summed E-state index contributed by atoms with van der Waals surface area (Å²) in [5.41, 5.74) is 3.77. The minimum Gasteiger partial charge on any atom is -0.493 e. The Balaban J connectivity index is 1.67. The van der Waals surface area contributed by atoms with Gasteiger partial charge in [-0.05, 0) is 67.8 Å². The third-order valence-electron chi connectivity index (χ3n) is 4.82. The molecule has 6 nitrogen and oxygen atoms in total. The predicted octanol–water partition coefficient (Wildman–Crippen LogP) is 4.55. The summed E-state index contributed by atoms with van der Waals surface area (Å²) in [5, 5.41) is 2.82. The number of hydrogen-bond acceptors (Lipinski definition) is 6. The molecule has 3 rings (SSSR count). The van der Waals surface area contributed by atoms with Gasteiger partial charge in [-0.15, -0.1) is 0 Å². The Morgan fingerprint density at radius 1 is 1.16 bits per heavy atom. The number of amides is 2. The van der Waals surface area contributed by atoms with E-state index in [4.69, 9.17) is 21.7 Å². The molecule has 2 aromatic rings. The number of aryl methyl sites for hydroxylation is 2. The zero-order chi connectivity index (χ0) is 22.5. The van der Waals surface area contributed by atoms with Crippen molar-refractivity contribution in [3.05, 3.63) is 58.0 Å². The highest BCUT2D eigenvalue weighted by atomic mass is 32.2. The van der Waals surface area contributed by atoms with Gasteiger partial charge >= 0.3 is 0 Å². The van der Waals surface area contributed by atoms with Gasteiger partial charge in [-0.1, -0.05) is 36.1 Å². The van der Waals surface area contributed by atoms with Gasteiger partial charge in [-0.2, -0.15) is 0 Å². The summed E-state index contributed by atoms with van der Waals surface area (Å²) in [5.74, 6) is 0.548. The number of likely N-dealkylation sites (N-methyl/N-ethyl adjacent to an activating group) is 1. The Morgan fingerprint density at radius 3 is 2.58 bits per heavy atom. The molecule has 0 saturated carbocycles. The number of benzene rings is 2. The lowest BCUT2D eigenvalue weighted by molar-refractivity contribution is -0.122. The van der Waals surface area contributed by atoms with E-state index in [1.165, 1.54) is 18.9 Å². The molecule has 0 unspecified atom stereocenters. The normalized spacial score (nSPS) is 14.8. The van der Waals surface area contributed by atoms with Crippen molar-refractivity contribution in [1.29, 1.82) is 0 Å². The van der Waals surface area contributed by atoms with Crippen LogP contribution in [0.3, 0.4) is 0 Å². The number of rotatable bonds is 7. The maximum atomic E-state index is 12.4. The first kappa shape index (κ1) is 22.8. The van der Waals surface area contributed by atoms with E-state index >= 15 is 0 Å². The molecule has 1 heterocycles. The number of hydrogen-bond donors (Lipinski definition) is 1. The predicted molar refractivity (Wildman–Crippen MR) is 129 cm³/mol. The van der Waals surface area contributed by atoms with Crippen molar-refractivity contribution in [1.82, 2.24) is 4.90 Å². The highest BCUT2D eigenvalue weighted by Gasteiger charge is 2.30. The van der Waals surface area contributed by atoms with E-state index in [2.05, 4.69) is 5.32 Å². The molecule has 2 aromatic carbocycles.